The molecule has 4 nitrogen and oxygen atoms in total. The molecule has 2 fully saturated rings. The second-order valence-electron chi connectivity index (χ2n) is 6.56. The first-order valence-corrected chi connectivity index (χ1v) is 8.02. The Bertz CT molecular complexity index is 670. The minimum atomic E-state index is -0.0201. The van der Waals surface area contributed by atoms with Gasteiger partial charge in [-0.2, -0.15) is 0 Å². The van der Waals surface area contributed by atoms with Crippen LogP contribution >= 0.6 is 0 Å². The van der Waals surface area contributed by atoms with Gasteiger partial charge in [-0.15, -0.1) is 0 Å². The van der Waals surface area contributed by atoms with Crippen molar-refractivity contribution < 1.29 is 14.7 Å². The number of fused-ring (bicyclic) bond motifs is 1. The van der Waals surface area contributed by atoms with Crippen LogP contribution in [0.4, 0.5) is 5.69 Å². The predicted molar refractivity (Wildman–Crippen MR) is 82.9 cm³/mol. The highest BCUT2D eigenvalue weighted by Gasteiger charge is 2.37. The number of carbonyl (C=O) groups excluding carboxylic acids is 2. The molecule has 2 aliphatic carbocycles. The first-order valence-electron chi connectivity index (χ1n) is 8.02. The van der Waals surface area contributed by atoms with Crippen LogP contribution in [0.1, 0.15) is 42.5 Å². The number of phenolic OH excluding ortho intramolecular Hbond substituents is 1. The summed E-state index contributed by atoms with van der Waals surface area (Å²) in [6.45, 7) is 0.425. The minimum Gasteiger partial charge on any atom is -0.508 e. The smallest absolute Gasteiger partial charge is 0.250 e. The fourth-order valence-corrected chi connectivity index (χ4v) is 3.30. The van der Waals surface area contributed by atoms with Gasteiger partial charge in [-0.05, 0) is 55.7 Å². The maximum atomic E-state index is 12.7. The van der Waals surface area contributed by atoms with Gasteiger partial charge in [0, 0.05) is 24.6 Å². The van der Waals surface area contributed by atoms with E-state index < -0.39 is 0 Å². The summed E-state index contributed by atoms with van der Waals surface area (Å²) >= 11 is 0. The molecule has 2 saturated carbocycles. The molecule has 1 N–H and O–H groups in total. The van der Waals surface area contributed by atoms with Crippen molar-refractivity contribution in [1.82, 2.24) is 0 Å². The number of Topliss-reactive ketones (excluding diaryl/α,β-unsaturated/α-hetero) is 1. The van der Waals surface area contributed by atoms with E-state index in [1.54, 1.807) is 11.0 Å². The van der Waals surface area contributed by atoms with Crippen LogP contribution in [0.15, 0.2) is 29.8 Å². The van der Waals surface area contributed by atoms with Gasteiger partial charge < -0.3 is 10.0 Å². The molecule has 0 saturated heterocycles. The summed E-state index contributed by atoms with van der Waals surface area (Å²) in [4.78, 5) is 26.4. The highest BCUT2D eigenvalue weighted by molar-refractivity contribution is 6.11. The molecule has 1 aromatic carbocycles. The third-order valence-corrected chi connectivity index (χ3v) is 4.79. The lowest BCUT2D eigenvalue weighted by atomic mass is 9.99. The number of rotatable bonds is 3. The Balaban J connectivity index is 1.65. The first-order chi connectivity index (χ1) is 10.6. The van der Waals surface area contributed by atoms with Crippen LogP contribution in [0.3, 0.4) is 0 Å². The number of anilines is 1. The molecule has 0 spiro atoms. The van der Waals surface area contributed by atoms with Crippen LogP contribution in [0.2, 0.25) is 0 Å². The molecule has 0 unspecified atom stereocenters. The Morgan fingerprint density at radius 1 is 1.18 bits per heavy atom. The number of amides is 1. The summed E-state index contributed by atoms with van der Waals surface area (Å²) in [7, 11) is 0. The number of aromatic hydroxyl groups is 1. The molecule has 4 heteroatoms. The van der Waals surface area contributed by atoms with Gasteiger partial charge in [-0.1, -0.05) is 5.57 Å². The van der Waals surface area contributed by atoms with Crippen molar-refractivity contribution >= 4 is 17.4 Å². The van der Waals surface area contributed by atoms with Crippen molar-refractivity contribution in [1.29, 1.82) is 0 Å². The van der Waals surface area contributed by atoms with Crippen LogP contribution in [0.5, 0.6) is 5.75 Å². The van der Waals surface area contributed by atoms with Crippen molar-refractivity contribution in [2.45, 2.75) is 32.1 Å². The fraction of sp³-hybridized carbons (Fsp3) is 0.444. The third-order valence-electron chi connectivity index (χ3n) is 4.79. The van der Waals surface area contributed by atoms with Gasteiger partial charge in [0.15, 0.2) is 5.78 Å². The van der Waals surface area contributed by atoms with Crippen LogP contribution in [-0.2, 0) is 4.79 Å². The van der Waals surface area contributed by atoms with Crippen LogP contribution in [0, 0.1) is 11.8 Å². The molecule has 1 heterocycles. The van der Waals surface area contributed by atoms with Crippen molar-refractivity contribution in [2.75, 3.05) is 11.4 Å². The minimum absolute atomic E-state index is 0.0106. The van der Waals surface area contributed by atoms with Crippen molar-refractivity contribution in [2.24, 2.45) is 11.8 Å². The van der Waals surface area contributed by atoms with E-state index in [0.717, 1.165) is 0 Å². The Kier molecular flexibility index (Phi) is 3.06. The average Bonchev–Trinajstić information content (AvgIpc) is 3.38. The number of benzene rings is 1. The van der Waals surface area contributed by atoms with Crippen LogP contribution < -0.4 is 4.90 Å². The zero-order valence-electron chi connectivity index (χ0n) is 12.4. The van der Waals surface area contributed by atoms with E-state index in [4.69, 9.17) is 0 Å². The zero-order valence-corrected chi connectivity index (χ0v) is 12.4. The third kappa shape index (κ3) is 2.43. The lowest BCUT2D eigenvalue weighted by Crippen LogP contribution is -2.36. The van der Waals surface area contributed by atoms with Gasteiger partial charge in [-0.3, -0.25) is 9.59 Å². The Morgan fingerprint density at radius 3 is 2.50 bits per heavy atom. The Labute approximate surface area is 129 Å². The molecule has 22 heavy (non-hydrogen) atoms. The van der Waals surface area contributed by atoms with Gasteiger partial charge in [0.1, 0.15) is 5.75 Å². The summed E-state index contributed by atoms with van der Waals surface area (Å²) in [5.41, 5.74) is 2.40. The molecule has 1 aromatic rings. The van der Waals surface area contributed by atoms with E-state index in [2.05, 4.69) is 0 Å². The second kappa shape index (κ2) is 4.97. The summed E-state index contributed by atoms with van der Waals surface area (Å²) in [5, 5.41) is 9.57. The number of hydrogen-bond donors (Lipinski definition) is 1. The molecule has 1 aliphatic heterocycles. The van der Waals surface area contributed by atoms with Crippen molar-refractivity contribution in [3.8, 4) is 5.75 Å². The van der Waals surface area contributed by atoms with Gasteiger partial charge in [0.25, 0.3) is 5.91 Å². The number of carbonyl (C=O) groups is 2. The molecule has 4 rings (SSSR count). The molecule has 114 valence electrons. The molecule has 0 atom stereocenters. The molecule has 3 aliphatic rings. The normalized spacial score (nSPS) is 20.5. The van der Waals surface area contributed by atoms with E-state index in [1.807, 2.05) is 6.08 Å². The highest BCUT2D eigenvalue weighted by Crippen LogP contribution is 2.48. The van der Waals surface area contributed by atoms with Gasteiger partial charge in [0.05, 0.1) is 5.69 Å². The molecule has 1 amide bonds. The Morgan fingerprint density at radius 2 is 1.86 bits per heavy atom. The van der Waals surface area contributed by atoms with Crippen molar-refractivity contribution in [3.63, 3.8) is 0 Å². The Hall–Kier alpha value is -2.10. The fourth-order valence-electron chi connectivity index (χ4n) is 3.30. The van der Waals surface area contributed by atoms with Crippen molar-refractivity contribution in [3.05, 3.63) is 35.4 Å². The standard InChI is InChI=1S/C18H19NO3/c20-13-5-6-16-15(9-13)17(21)7-8-19(16)18(22)10-14(11-1-2-11)12-3-4-12/h5-6,9-12,20H,1-4,7-8H2. The van der Waals surface area contributed by atoms with Gasteiger partial charge in [0.2, 0.25) is 0 Å². The number of phenols is 1. The highest BCUT2D eigenvalue weighted by atomic mass is 16.3. The van der Waals surface area contributed by atoms with E-state index in [-0.39, 0.29) is 17.4 Å². The maximum Gasteiger partial charge on any atom is 0.250 e. The molecule has 0 radical (unpaired) electrons. The average molecular weight is 297 g/mol. The van der Waals surface area contributed by atoms with E-state index >= 15 is 0 Å². The zero-order chi connectivity index (χ0) is 15.3. The molecule has 0 aromatic heterocycles. The first kappa shape index (κ1) is 13.6. The summed E-state index contributed by atoms with van der Waals surface area (Å²) < 4.78 is 0. The topological polar surface area (TPSA) is 57.6 Å². The SMILES string of the molecule is O=C1CCN(C(=O)C=C(C2CC2)C2CC2)c2ccc(O)cc21. The summed E-state index contributed by atoms with van der Waals surface area (Å²) in [6.07, 6.45) is 6.97. The summed E-state index contributed by atoms with van der Waals surface area (Å²) in [5.74, 6) is 1.26. The van der Waals surface area contributed by atoms with Crippen LogP contribution in [-0.4, -0.2) is 23.3 Å². The summed E-state index contributed by atoms with van der Waals surface area (Å²) in [6, 6.07) is 4.66. The van der Waals surface area contributed by atoms with E-state index in [1.165, 1.54) is 43.4 Å². The van der Waals surface area contributed by atoms with E-state index in [0.29, 0.717) is 36.1 Å². The largest absolute Gasteiger partial charge is 0.508 e. The van der Waals surface area contributed by atoms with Crippen LogP contribution in [0.25, 0.3) is 0 Å². The number of ketones is 1. The number of hydrogen-bond acceptors (Lipinski definition) is 3. The van der Waals surface area contributed by atoms with Gasteiger partial charge in [-0.25, -0.2) is 0 Å². The molecule has 0 bridgehead atoms. The quantitative estimate of drug-likeness (QED) is 0.872. The molecular formula is C18H19NO3. The monoisotopic (exact) mass is 297 g/mol. The lowest BCUT2D eigenvalue weighted by Gasteiger charge is -2.28. The predicted octanol–water partition coefficient (Wildman–Crippen LogP) is 3.06. The number of allylic oxidation sites excluding steroid dienone is 1. The van der Waals surface area contributed by atoms with Gasteiger partial charge >= 0.3 is 0 Å². The maximum absolute atomic E-state index is 12.7. The second-order valence-corrected chi connectivity index (χ2v) is 6.56. The molecular weight excluding hydrogens is 278 g/mol. The van der Waals surface area contributed by atoms with E-state index in [9.17, 15) is 14.7 Å². The number of nitrogens with zero attached hydrogens (tertiary/aromatic N) is 1. The lowest BCUT2D eigenvalue weighted by molar-refractivity contribution is -0.114.